The molecule has 0 amide bonds. The second-order valence-electron chi connectivity index (χ2n) is 4.56. The van der Waals surface area contributed by atoms with Crippen LogP contribution >= 0.6 is 0 Å². The fourth-order valence-corrected chi connectivity index (χ4v) is 2.22. The van der Waals surface area contributed by atoms with Gasteiger partial charge in [-0.3, -0.25) is 0 Å². The molecular formula is C13H16N4O. The zero-order valence-electron chi connectivity index (χ0n) is 10.2. The number of hydrogen-bond donors (Lipinski definition) is 1. The Morgan fingerprint density at radius 3 is 2.72 bits per heavy atom. The Hall–Kier alpha value is -2.04. The number of nitrogens with zero attached hydrogens (tertiary/aromatic N) is 3. The molecule has 0 aliphatic carbocycles. The Labute approximate surface area is 106 Å². The molecule has 2 N–H and O–H groups in total. The second-order valence-corrected chi connectivity index (χ2v) is 4.56. The zero-order chi connectivity index (χ0) is 12.4. The molecule has 1 aliphatic heterocycles. The van der Waals surface area contributed by atoms with E-state index in [4.69, 9.17) is 10.2 Å². The zero-order valence-corrected chi connectivity index (χ0v) is 10.2. The number of hydrogen-bond acceptors (Lipinski definition) is 5. The molecule has 1 aromatic heterocycles. The Bertz CT molecular complexity index is 531. The van der Waals surface area contributed by atoms with E-state index in [2.05, 4.69) is 15.1 Å². The highest BCUT2D eigenvalue weighted by Gasteiger charge is 2.17. The molecule has 1 aromatic carbocycles. The van der Waals surface area contributed by atoms with Crippen molar-refractivity contribution in [3.8, 4) is 11.5 Å². The lowest BCUT2D eigenvalue weighted by molar-refractivity contribution is 0.498. The van der Waals surface area contributed by atoms with Gasteiger partial charge >= 0.3 is 6.01 Å². The van der Waals surface area contributed by atoms with Gasteiger partial charge in [-0.1, -0.05) is 11.2 Å². The van der Waals surface area contributed by atoms with Crippen LogP contribution in [0.5, 0.6) is 0 Å². The van der Waals surface area contributed by atoms with Crippen LogP contribution in [-0.2, 0) is 0 Å². The summed E-state index contributed by atoms with van der Waals surface area (Å²) in [6, 6.07) is 8.10. The SMILES string of the molecule is Nc1cccc(-c2nnc(N3CCCCC3)o2)c1. The predicted octanol–water partition coefficient (Wildman–Crippen LogP) is 2.31. The van der Waals surface area contributed by atoms with Gasteiger partial charge in [-0.05, 0) is 37.5 Å². The van der Waals surface area contributed by atoms with Crippen molar-refractivity contribution in [1.29, 1.82) is 0 Å². The molecule has 0 unspecified atom stereocenters. The third-order valence-electron chi connectivity index (χ3n) is 3.17. The highest BCUT2D eigenvalue weighted by molar-refractivity contribution is 5.59. The minimum absolute atomic E-state index is 0.530. The molecule has 3 rings (SSSR count). The van der Waals surface area contributed by atoms with Crippen LogP contribution in [0.1, 0.15) is 19.3 Å². The Morgan fingerprint density at radius 2 is 1.94 bits per heavy atom. The number of anilines is 2. The van der Waals surface area contributed by atoms with Gasteiger partial charge in [0.1, 0.15) is 0 Å². The molecule has 0 bridgehead atoms. The molecule has 2 aromatic rings. The van der Waals surface area contributed by atoms with Gasteiger partial charge in [0.15, 0.2) is 0 Å². The van der Waals surface area contributed by atoms with Crippen LogP contribution in [0.4, 0.5) is 11.7 Å². The van der Waals surface area contributed by atoms with Crippen LogP contribution in [0.2, 0.25) is 0 Å². The van der Waals surface area contributed by atoms with Crippen molar-refractivity contribution in [2.24, 2.45) is 0 Å². The van der Waals surface area contributed by atoms with Crippen LogP contribution in [0, 0.1) is 0 Å². The number of nitrogen functional groups attached to an aromatic ring is 1. The molecule has 5 nitrogen and oxygen atoms in total. The van der Waals surface area contributed by atoms with E-state index in [0.29, 0.717) is 17.6 Å². The maximum Gasteiger partial charge on any atom is 0.318 e. The third kappa shape index (κ3) is 2.16. The van der Waals surface area contributed by atoms with Crippen molar-refractivity contribution in [3.05, 3.63) is 24.3 Å². The van der Waals surface area contributed by atoms with E-state index in [1.54, 1.807) is 0 Å². The molecule has 1 saturated heterocycles. The molecule has 0 atom stereocenters. The van der Waals surface area contributed by atoms with Gasteiger partial charge < -0.3 is 15.1 Å². The van der Waals surface area contributed by atoms with Crippen LogP contribution in [0.3, 0.4) is 0 Å². The largest absolute Gasteiger partial charge is 0.403 e. The van der Waals surface area contributed by atoms with Gasteiger partial charge in [0.05, 0.1) is 0 Å². The topological polar surface area (TPSA) is 68.2 Å². The maximum absolute atomic E-state index is 5.75. The average molecular weight is 244 g/mol. The van der Waals surface area contributed by atoms with Gasteiger partial charge in [0.2, 0.25) is 5.89 Å². The Balaban J connectivity index is 1.84. The first-order valence-corrected chi connectivity index (χ1v) is 6.27. The summed E-state index contributed by atoms with van der Waals surface area (Å²) in [7, 11) is 0. The minimum Gasteiger partial charge on any atom is -0.403 e. The summed E-state index contributed by atoms with van der Waals surface area (Å²) in [5, 5.41) is 8.20. The van der Waals surface area contributed by atoms with Crippen molar-refractivity contribution < 1.29 is 4.42 Å². The highest BCUT2D eigenvalue weighted by Crippen LogP contribution is 2.24. The number of aromatic nitrogens is 2. The average Bonchev–Trinajstić information content (AvgIpc) is 2.89. The standard InChI is InChI=1S/C13H16N4O/c14-11-6-4-5-10(9-11)12-15-16-13(18-12)17-7-2-1-3-8-17/h4-6,9H,1-3,7-8,14H2. The maximum atomic E-state index is 5.75. The van der Waals surface area contributed by atoms with Crippen LogP contribution < -0.4 is 10.6 Å². The number of rotatable bonds is 2. The van der Waals surface area contributed by atoms with E-state index in [1.807, 2.05) is 24.3 Å². The predicted molar refractivity (Wildman–Crippen MR) is 70.2 cm³/mol. The highest BCUT2D eigenvalue weighted by atomic mass is 16.4. The van der Waals surface area contributed by atoms with Gasteiger partial charge in [-0.25, -0.2) is 0 Å². The minimum atomic E-state index is 0.530. The molecule has 2 heterocycles. The molecule has 5 heteroatoms. The number of piperidine rings is 1. The van der Waals surface area contributed by atoms with Crippen molar-refractivity contribution >= 4 is 11.7 Å². The summed E-state index contributed by atoms with van der Waals surface area (Å²) in [6.07, 6.45) is 3.67. The first-order valence-electron chi connectivity index (χ1n) is 6.27. The molecule has 1 fully saturated rings. The summed E-state index contributed by atoms with van der Waals surface area (Å²) in [4.78, 5) is 2.15. The van der Waals surface area contributed by atoms with Crippen LogP contribution in [0.25, 0.3) is 11.5 Å². The molecule has 0 radical (unpaired) electrons. The van der Waals surface area contributed by atoms with Crippen LogP contribution in [0.15, 0.2) is 28.7 Å². The fourth-order valence-electron chi connectivity index (χ4n) is 2.22. The first-order chi connectivity index (χ1) is 8.83. The van der Waals surface area contributed by atoms with E-state index in [9.17, 15) is 0 Å². The van der Waals surface area contributed by atoms with E-state index >= 15 is 0 Å². The molecule has 18 heavy (non-hydrogen) atoms. The van der Waals surface area contributed by atoms with Crippen molar-refractivity contribution in [2.75, 3.05) is 23.7 Å². The molecular weight excluding hydrogens is 228 g/mol. The molecule has 94 valence electrons. The van der Waals surface area contributed by atoms with Crippen molar-refractivity contribution in [2.45, 2.75) is 19.3 Å². The molecule has 0 saturated carbocycles. The van der Waals surface area contributed by atoms with Crippen molar-refractivity contribution in [3.63, 3.8) is 0 Å². The van der Waals surface area contributed by atoms with Gasteiger partial charge in [0.25, 0.3) is 0 Å². The van der Waals surface area contributed by atoms with E-state index in [0.717, 1.165) is 18.7 Å². The molecule has 0 spiro atoms. The summed E-state index contributed by atoms with van der Waals surface area (Å²) in [6.45, 7) is 2.00. The normalized spacial score (nSPS) is 15.9. The van der Waals surface area contributed by atoms with Gasteiger partial charge in [-0.15, -0.1) is 5.10 Å². The lowest BCUT2D eigenvalue weighted by Gasteiger charge is -2.24. The summed E-state index contributed by atoms with van der Waals surface area (Å²) in [5.41, 5.74) is 7.31. The summed E-state index contributed by atoms with van der Waals surface area (Å²) in [5.74, 6) is 0.530. The lowest BCUT2D eigenvalue weighted by Crippen LogP contribution is -2.29. The quantitative estimate of drug-likeness (QED) is 0.821. The summed E-state index contributed by atoms with van der Waals surface area (Å²) < 4.78 is 5.71. The van der Waals surface area contributed by atoms with E-state index in [1.165, 1.54) is 19.3 Å². The first kappa shape index (κ1) is 11.1. The number of nitrogens with two attached hydrogens (primary N) is 1. The second kappa shape index (κ2) is 4.68. The van der Waals surface area contributed by atoms with Gasteiger partial charge in [-0.2, -0.15) is 0 Å². The monoisotopic (exact) mass is 244 g/mol. The summed E-state index contributed by atoms with van der Waals surface area (Å²) >= 11 is 0. The fraction of sp³-hybridized carbons (Fsp3) is 0.385. The smallest absolute Gasteiger partial charge is 0.318 e. The van der Waals surface area contributed by atoms with E-state index < -0.39 is 0 Å². The van der Waals surface area contributed by atoms with E-state index in [-0.39, 0.29) is 0 Å². The lowest BCUT2D eigenvalue weighted by atomic mass is 10.1. The van der Waals surface area contributed by atoms with Crippen LogP contribution in [-0.4, -0.2) is 23.3 Å². The van der Waals surface area contributed by atoms with Gasteiger partial charge in [0, 0.05) is 24.3 Å². The number of benzene rings is 1. The Morgan fingerprint density at radius 1 is 1.11 bits per heavy atom. The Kier molecular flexibility index (Phi) is 2.88. The third-order valence-corrected chi connectivity index (χ3v) is 3.17. The van der Waals surface area contributed by atoms with Crippen molar-refractivity contribution in [1.82, 2.24) is 10.2 Å². The molecule has 1 aliphatic rings.